The first kappa shape index (κ1) is 28.5. The van der Waals surface area contributed by atoms with E-state index in [2.05, 4.69) is 15.1 Å². The van der Waals surface area contributed by atoms with Crippen LogP contribution in [-0.4, -0.2) is 46.2 Å². The molecule has 0 atom stereocenters. The number of hydrogen-bond donors (Lipinski definition) is 0. The van der Waals surface area contributed by atoms with Gasteiger partial charge in [-0.2, -0.15) is 5.26 Å². The van der Waals surface area contributed by atoms with E-state index in [-0.39, 0.29) is 23.1 Å². The van der Waals surface area contributed by atoms with Crippen molar-refractivity contribution in [1.29, 1.82) is 5.26 Å². The van der Waals surface area contributed by atoms with Crippen molar-refractivity contribution in [1.82, 2.24) is 4.90 Å². The van der Waals surface area contributed by atoms with Crippen molar-refractivity contribution in [2.24, 2.45) is 10.2 Å². The summed E-state index contributed by atoms with van der Waals surface area (Å²) in [5, 5.41) is 40.0. The lowest BCUT2D eigenvalue weighted by Gasteiger charge is -2.24. The molecule has 0 aliphatic carbocycles. The maximum absolute atomic E-state index is 12.6. The van der Waals surface area contributed by atoms with Crippen LogP contribution in [0.5, 0.6) is 0 Å². The first-order chi connectivity index (χ1) is 19.7. The number of imide groups is 1. The summed E-state index contributed by atoms with van der Waals surface area (Å²) in [4.78, 5) is 49.5. The number of aryl methyl sites for hydroxylation is 1. The number of carbonyl (C=O) groups is 2. The van der Waals surface area contributed by atoms with Crippen LogP contribution in [0.4, 0.5) is 28.4 Å². The second-order valence-corrected chi connectivity index (χ2v) is 9.25. The van der Waals surface area contributed by atoms with Gasteiger partial charge in [-0.05, 0) is 62.6 Å². The molecular formula is C28H25N7O6. The number of nitro groups is 2. The highest BCUT2D eigenvalue weighted by Gasteiger charge is 2.34. The zero-order chi connectivity index (χ0) is 29.7. The average molecular weight is 556 g/mol. The van der Waals surface area contributed by atoms with Crippen LogP contribution in [0.15, 0.2) is 64.8 Å². The van der Waals surface area contributed by atoms with Gasteiger partial charge >= 0.3 is 5.69 Å². The number of nitriles is 1. The minimum atomic E-state index is -0.842. The molecule has 13 heteroatoms. The molecule has 0 spiro atoms. The maximum atomic E-state index is 12.6. The molecule has 0 aromatic heterocycles. The van der Waals surface area contributed by atoms with Gasteiger partial charge in [-0.15, -0.1) is 10.2 Å². The van der Waals surface area contributed by atoms with Crippen molar-refractivity contribution in [2.45, 2.75) is 26.7 Å². The fourth-order valence-electron chi connectivity index (χ4n) is 4.58. The second-order valence-electron chi connectivity index (χ2n) is 9.25. The van der Waals surface area contributed by atoms with E-state index in [0.717, 1.165) is 29.8 Å². The van der Waals surface area contributed by atoms with E-state index in [1.54, 1.807) is 43.3 Å². The summed E-state index contributed by atoms with van der Waals surface area (Å²) < 4.78 is 0. The minimum absolute atomic E-state index is 0.265. The third kappa shape index (κ3) is 5.91. The molecule has 2 amide bonds. The highest BCUT2D eigenvalue weighted by molar-refractivity contribution is 6.21. The number of nitro benzene ring substituents is 2. The molecule has 0 radical (unpaired) electrons. The van der Waals surface area contributed by atoms with Crippen LogP contribution in [0.3, 0.4) is 0 Å². The Bertz CT molecular complexity index is 1590. The Morgan fingerprint density at radius 2 is 1.63 bits per heavy atom. The van der Waals surface area contributed by atoms with E-state index in [1.807, 2.05) is 19.1 Å². The molecule has 13 nitrogen and oxygen atoms in total. The molecule has 1 aliphatic heterocycles. The molecule has 0 fully saturated rings. The Balaban J connectivity index is 1.43. The Morgan fingerprint density at radius 3 is 2.20 bits per heavy atom. The van der Waals surface area contributed by atoms with Gasteiger partial charge < -0.3 is 4.90 Å². The predicted octanol–water partition coefficient (Wildman–Crippen LogP) is 6.00. The van der Waals surface area contributed by atoms with Crippen LogP contribution in [-0.2, 0) is 0 Å². The van der Waals surface area contributed by atoms with Crippen molar-refractivity contribution < 1.29 is 19.4 Å². The van der Waals surface area contributed by atoms with Gasteiger partial charge in [0.05, 0.1) is 38.3 Å². The summed E-state index contributed by atoms with van der Waals surface area (Å²) in [5.41, 5.74) is 0.944. The highest BCUT2D eigenvalue weighted by atomic mass is 16.6. The van der Waals surface area contributed by atoms with E-state index in [4.69, 9.17) is 0 Å². The number of fused-ring (bicyclic) bond motifs is 1. The average Bonchev–Trinajstić information content (AvgIpc) is 3.20. The van der Waals surface area contributed by atoms with E-state index in [0.29, 0.717) is 42.9 Å². The number of azo groups is 1. The van der Waals surface area contributed by atoms with Gasteiger partial charge in [0, 0.05) is 31.4 Å². The number of amides is 2. The summed E-state index contributed by atoms with van der Waals surface area (Å²) in [7, 11) is 0. The SMILES string of the molecule is CCN(CCCCN1C(=O)c2ccccc2C1=O)c1ccc(/N=N/c2c(C#N)cc([N+](=O)[O-])cc2[N+](=O)[O-])c(C)c1. The number of anilines is 1. The molecular weight excluding hydrogens is 530 g/mol. The van der Waals surface area contributed by atoms with Crippen molar-refractivity contribution >= 4 is 40.3 Å². The third-order valence-electron chi connectivity index (χ3n) is 6.73. The van der Waals surface area contributed by atoms with Crippen LogP contribution in [0, 0.1) is 38.5 Å². The smallest absolute Gasteiger partial charge is 0.304 e. The van der Waals surface area contributed by atoms with Crippen LogP contribution < -0.4 is 4.90 Å². The van der Waals surface area contributed by atoms with Gasteiger partial charge in [0.2, 0.25) is 0 Å². The van der Waals surface area contributed by atoms with E-state index in [9.17, 15) is 35.1 Å². The normalized spacial score (nSPS) is 12.5. The number of unbranched alkanes of at least 4 members (excludes halogenated alkanes) is 1. The summed E-state index contributed by atoms with van der Waals surface area (Å²) in [6.07, 6.45) is 1.38. The maximum Gasteiger partial charge on any atom is 0.304 e. The molecule has 3 aromatic carbocycles. The van der Waals surface area contributed by atoms with Crippen molar-refractivity contribution in [3.05, 3.63) is 97.1 Å². The Kier molecular flexibility index (Phi) is 8.43. The lowest BCUT2D eigenvalue weighted by Crippen LogP contribution is -2.31. The zero-order valence-corrected chi connectivity index (χ0v) is 22.3. The summed E-state index contributed by atoms with van der Waals surface area (Å²) >= 11 is 0. The number of rotatable bonds is 11. The molecule has 1 heterocycles. The summed E-state index contributed by atoms with van der Waals surface area (Å²) in [5.74, 6) is -0.529. The molecule has 0 bridgehead atoms. The van der Waals surface area contributed by atoms with Gasteiger partial charge in [-0.3, -0.25) is 34.7 Å². The molecule has 0 unspecified atom stereocenters. The van der Waals surface area contributed by atoms with Crippen LogP contribution in [0.25, 0.3) is 0 Å². The molecule has 41 heavy (non-hydrogen) atoms. The van der Waals surface area contributed by atoms with Crippen molar-refractivity contribution in [3.63, 3.8) is 0 Å². The van der Waals surface area contributed by atoms with E-state index in [1.165, 1.54) is 4.90 Å². The lowest BCUT2D eigenvalue weighted by atomic mass is 10.1. The van der Waals surface area contributed by atoms with Crippen molar-refractivity contribution in [2.75, 3.05) is 24.5 Å². The number of carbonyl (C=O) groups excluding carboxylic acids is 2. The predicted molar refractivity (Wildman–Crippen MR) is 149 cm³/mol. The summed E-state index contributed by atoms with van der Waals surface area (Å²) in [6, 6.07) is 15.6. The highest BCUT2D eigenvalue weighted by Crippen LogP contribution is 2.37. The largest absolute Gasteiger partial charge is 0.372 e. The van der Waals surface area contributed by atoms with Gasteiger partial charge in [0.1, 0.15) is 6.07 Å². The number of nitrogens with zero attached hydrogens (tertiary/aromatic N) is 7. The molecule has 208 valence electrons. The fourth-order valence-corrected chi connectivity index (χ4v) is 4.58. The third-order valence-corrected chi connectivity index (χ3v) is 6.73. The number of non-ortho nitro benzene ring substituents is 1. The fraction of sp³-hybridized carbons (Fsp3) is 0.250. The van der Waals surface area contributed by atoms with E-state index >= 15 is 0 Å². The molecule has 3 aromatic rings. The van der Waals surface area contributed by atoms with Crippen LogP contribution in [0.1, 0.15) is 51.6 Å². The summed E-state index contributed by atoms with van der Waals surface area (Å²) in [6.45, 7) is 5.52. The van der Waals surface area contributed by atoms with Crippen LogP contribution in [0.2, 0.25) is 0 Å². The first-order valence-corrected chi connectivity index (χ1v) is 12.8. The van der Waals surface area contributed by atoms with Crippen LogP contribution >= 0.6 is 0 Å². The van der Waals surface area contributed by atoms with Gasteiger partial charge in [-0.1, -0.05) is 12.1 Å². The van der Waals surface area contributed by atoms with Crippen molar-refractivity contribution in [3.8, 4) is 6.07 Å². The Hall–Kier alpha value is -5.51. The molecule has 0 saturated carbocycles. The lowest BCUT2D eigenvalue weighted by molar-refractivity contribution is -0.393. The van der Waals surface area contributed by atoms with Gasteiger partial charge in [-0.25, -0.2) is 0 Å². The Labute approximate surface area is 234 Å². The molecule has 0 N–H and O–H groups in total. The topological polar surface area (TPSA) is 175 Å². The number of hydrogen-bond acceptors (Lipinski definition) is 10. The number of benzene rings is 3. The quantitative estimate of drug-likeness (QED) is 0.0909. The Morgan fingerprint density at radius 1 is 0.951 bits per heavy atom. The first-order valence-electron chi connectivity index (χ1n) is 12.8. The van der Waals surface area contributed by atoms with E-state index < -0.39 is 21.2 Å². The molecule has 4 rings (SSSR count). The second kappa shape index (κ2) is 12.1. The monoisotopic (exact) mass is 555 g/mol. The molecule has 0 saturated heterocycles. The van der Waals surface area contributed by atoms with Gasteiger partial charge in [0.15, 0.2) is 5.69 Å². The minimum Gasteiger partial charge on any atom is -0.372 e. The standard InChI is InChI=1S/C28H25N7O6/c1-3-32(12-6-7-13-33-27(36)22-8-4-5-9-23(22)28(33)37)20-10-11-24(18(2)14-20)30-31-26-19(17-29)15-21(34(38)39)16-25(26)35(40)41/h4-5,8-11,14-16H,3,6-7,12-13H2,1-2H3/b31-30+. The zero-order valence-electron chi connectivity index (χ0n) is 22.3. The molecule has 1 aliphatic rings. The van der Waals surface area contributed by atoms with Gasteiger partial charge in [0.25, 0.3) is 17.5 Å².